The second-order valence-corrected chi connectivity index (χ2v) is 7.80. The second kappa shape index (κ2) is 7.38. The molecule has 2 heterocycles. The number of hydrogen-bond donors (Lipinski definition) is 2. The maximum atomic E-state index is 14.7. The van der Waals surface area contributed by atoms with E-state index in [4.69, 9.17) is 4.55 Å². The third-order valence-corrected chi connectivity index (χ3v) is 5.75. The van der Waals surface area contributed by atoms with E-state index in [2.05, 4.69) is 17.8 Å². The molecule has 1 N–H and O–H groups in total. The van der Waals surface area contributed by atoms with Gasteiger partial charge in [0.1, 0.15) is 11.9 Å². The van der Waals surface area contributed by atoms with Crippen LogP contribution in [0.2, 0.25) is 0 Å². The molecule has 27 heavy (non-hydrogen) atoms. The van der Waals surface area contributed by atoms with Gasteiger partial charge in [0.25, 0.3) is 0 Å². The van der Waals surface area contributed by atoms with Crippen molar-refractivity contribution in [3.63, 3.8) is 0 Å². The van der Waals surface area contributed by atoms with Gasteiger partial charge in [-0.1, -0.05) is 12.8 Å². The second-order valence-electron chi connectivity index (χ2n) is 5.81. The fraction of sp³-hybridized carbons (Fsp3) is 0.267. The largest absolute Gasteiger partial charge is 0.352 e. The third kappa shape index (κ3) is 3.88. The lowest BCUT2D eigenvalue weighted by Gasteiger charge is -2.34. The Balaban J connectivity index is 1.93. The zero-order valence-corrected chi connectivity index (χ0v) is 15.5. The van der Waals surface area contributed by atoms with Gasteiger partial charge in [-0.3, -0.25) is 13.9 Å². The summed E-state index contributed by atoms with van der Waals surface area (Å²) in [5.41, 5.74) is -0.427. The van der Waals surface area contributed by atoms with Gasteiger partial charge in [-0.2, -0.15) is 8.42 Å². The summed E-state index contributed by atoms with van der Waals surface area (Å²) >= 11 is 3.68. The third-order valence-electron chi connectivity index (χ3n) is 4.13. The SMILES string of the molecule is O=C1C(N(S)S(=O)(=O)O)CCCN1c1ccc(-n2cccnc2=O)cc1F. The first-order valence-electron chi connectivity index (χ1n) is 7.81. The fourth-order valence-corrected chi connectivity index (χ4v) is 3.61. The molecule has 1 aromatic heterocycles. The summed E-state index contributed by atoms with van der Waals surface area (Å²) in [6.45, 7) is 0.172. The van der Waals surface area contributed by atoms with Crippen molar-refractivity contribution in [3.05, 3.63) is 53.0 Å². The molecule has 0 spiro atoms. The molecule has 1 amide bonds. The fourth-order valence-electron chi connectivity index (χ4n) is 2.88. The zero-order chi connectivity index (χ0) is 19.8. The average Bonchev–Trinajstić information content (AvgIpc) is 2.61. The monoisotopic (exact) mass is 414 g/mol. The molecule has 0 bridgehead atoms. The smallest absolute Gasteiger partial charge is 0.308 e. The Bertz CT molecular complexity index is 1040. The predicted octanol–water partition coefficient (Wildman–Crippen LogP) is 0.817. The molecular weight excluding hydrogens is 399 g/mol. The molecule has 0 radical (unpaired) electrons. The van der Waals surface area contributed by atoms with E-state index in [1.54, 1.807) is 0 Å². The highest BCUT2D eigenvalue weighted by atomic mass is 32.3. The van der Waals surface area contributed by atoms with E-state index in [1.807, 2.05) is 0 Å². The van der Waals surface area contributed by atoms with Crippen LogP contribution in [0.5, 0.6) is 0 Å². The summed E-state index contributed by atoms with van der Waals surface area (Å²) in [5, 5.41) is 0. The first kappa shape index (κ1) is 19.5. The van der Waals surface area contributed by atoms with E-state index in [1.165, 1.54) is 30.6 Å². The Kier molecular flexibility index (Phi) is 5.33. The van der Waals surface area contributed by atoms with Crippen molar-refractivity contribution in [1.29, 1.82) is 0 Å². The number of piperidine rings is 1. The summed E-state index contributed by atoms with van der Waals surface area (Å²) < 4.78 is 47.6. The van der Waals surface area contributed by atoms with Crippen LogP contribution in [-0.4, -0.2) is 44.7 Å². The molecule has 3 rings (SSSR count). The lowest BCUT2D eigenvalue weighted by atomic mass is 10.0. The van der Waals surface area contributed by atoms with Gasteiger partial charge in [-0.15, -0.1) is 3.71 Å². The summed E-state index contributed by atoms with van der Waals surface area (Å²) in [7, 11) is -4.69. The maximum Gasteiger partial charge on any atom is 0.352 e. The maximum absolute atomic E-state index is 14.7. The van der Waals surface area contributed by atoms with Crippen LogP contribution in [0.15, 0.2) is 41.5 Å². The summed E-state index contributed by atoms with van der Waals surface area (Å²) in [6, 6.07) is 4.11. The van der Waals surface area contributed by atoms with Gasteiger partial charge in [0.05, 0.1) is 11.4 Å². The molecule has 9 nitrogen and oxygen atoms in total. The number of nitrogens with zero attached hydrogens (tertiary/aromatic N) is 4. The Labute approximate surface area is 159 Å². The molecule has 1 aromatic carbocycles. The van der Waals surface area contributed by atoms with E-state index < -0.39 is 33.8 Å². The van der Waals surface area contributed by atoms with Crippen molar-refractivity contribution in [1.82, 2.24) is 13.3 Å². The molecule has 12 heteroatoms. The minimum absolute atomic E-state index is 0.0672. The lowest BCUT2D eigenvalue weighted by Crippen LogP contribution is -2.51. The molecule has 144 valence electrons. The molecule has 1 unspecified atom stereocenters. The topological polar surface area (TPSA) is 113 Å². The van der Waals surface area contributed by atoms with E-state index in [-0.39, 0.29) is 28.1 Å². The quantitative estimate of drug-likeness (QED) is 0.566. The molecule has 2 aromatic rings. The summed E-state index contributed by atoms with van der Waals surface area (Å²) in [4.78, 5) is 29.0. The molecule has 1 saturated heterocycles. The normalized spacial score (nSPS) is 18.1. The lowest BCUT2D eigenvalue weighted by molar-refractivity contribution is -0.122. The number of carbonyl (C=O) groups excluding carboxylic acids is 1. The van der Waals surface area contributed by atoms with Gasteiger partial charge < -0.3 is 4.90 Å². The van der Waals surface area contributed by atoms with Crippen LogP contribution in [0.3, 0.4) is 0 Å². The summed E-state index contributed by atoms with van der Waals surface area (Å²) in [6.07, 6.45) is 3.26. The van der Waals surface area contributed by atoms with Crippen LogP contribution in [0.25, 0.3) is 5.69 Å². The number of rotatable bonds is 4. The standard InChI is InChI=1S/C15H15FN4O5S2/c16-11-9-10(18-8-2-6-17-15(18)22)4-5-12(11)19-7-1-3-13(14(19)21)20(26)27(23,24)25/h2,4-6,8-9,13,26H,1,3,7H2,(H,23,24,25). The highest BCUT2D eigenvalue weighted by molar-refractivity contribution is 7.96. The summed E-state index contributed by atoms with van der Waals surface area (Å²) in [5.74, 6) is -1.48. The Morgan fingerprint density at radius 1 is 1.33 bits per heavy atom. The van der Waals surface area contributed by atoms with Crippen molar-refractivity contribution >= 4 is 34.7 Å². The van der Waals surface area contributed by atoms with Gasteiger partial charge in [-0.05, 0) is 31.0 Å². The van der Waals surface area contributed by atoms with Crippen LogP contribution >= 0.6 is 12.8 Å². The van der Waals surface area contributed by atoms with Crippen LogP contribution in [0.4, 0.5) is 10.1 Å². The van der Waals surface area contributed by atoms with Gasteiger partial charge in [0.2, 0.25) is 5.91 Å². The first-order valence-corrected chi connectivity index (χ1v) is 9.60. The Morgan fingerprint density at radius 3 is 2.70 bits per heavy atom. The number of amides is 1. The van der Waals surface area contributed by atoms with Crippen molar-refractivity contribution in [2.45, 2.75) is 18.9 Å². The van der Waals surface area contributed by atoms with Crippen LogP contribution in [-0.2, 0) is 15.1 Å². The highest BCUT2D eigenvalue weighted by Gasteiger charge is 2.38. The van der Waals surface area contributed by atoms with Crippen molar-refractivity contribution < 1.29 is 22.2 Å². The molecule has 1 fully saturated rings. The molecule has 0 aliphatic carbocycles. The van der Waals surface area contributed by atoms with E-state index >= 15 is 0 Å². The number of thiol groups is 1. The number of anilines is 1. The number of aromatic nitrogens is 2. The Morgan fingerprint density at radius 2 is 2.07 bits per heavy atom. The average molecular weight is 414 g/mol. The van der Waals surface area contributed by atoms with Crippen molar-refractivity contribution in [2.24, 2.45) is 0 Å². The van der Waals surface area contributed by atoms with E-state index in [0.29, 0.717) is 6.42 Å². The minimum atomic E-state index is -4.69. The zero-order valence-electron chi connectivity index (χ0n) is 13.8. The van der Waals surface area contributed by atoms with E-state index in [9.17, 15) is 22.4 Å². The van der Waals surface area contributed by atoms with Gasteiger partial charge in [0, 0.05) is 25.0 Å². The molecular formula is C15H15FN4O5S2. The number of carbonyl (C=O) groups is 1. The van der Waals surface area contributed by atoms with Crippen LogP contribution in [0.1, 0.15) is 12.8 Å². The highest BCUT2D eigenvalue weighted by Crippen LogP contribution is 2.28. The number of hydrogen-bond acceptors (Lipinski definition) is 6. The van der Waals surface area contributed by atoms with Gasteiger partial charge >= 0.3 is 16.0 Å². The van der Waals surface area contributed by atoms with E-state index in [0.717, 1.165) is 15.5 Å². The number of halogens is 1. The van der Waals surface area contributed by atoms with Crippen LogP contribution < -0.4 is 10.6 Å². The van der Waals surface area contributed by atoms with Gasteiger partial charge in [0.15, 0.2) is 0 Å². The minimum Gasteiger partial charge on any atom is -0.308 e. The van der Waals surface area contributed by atoms with Crippen molar-refractivity contribution in [2.75, 3.05) is 11.4 Å². The molecule has 1 atom stereocenters. The molecule has 1 aliphatic heterocycles. The van der Waals surface area contributed by atoms with Crippen molar-refractivity contribution in [3.8, 4) is 5.69 Å². The number of benzene rings is 1. The van der Waals surface area contributed by atoms with Crippen LogP contribution in [0, 0.1) is 5.82 Å². The Hall–Kier alpha value is -2.28. The molecule has 0 saturated carbocycles. The van der Waals surface area contributed by atoms with Gasteiger partial charge in [-0.25, -0.2) is 14.2 Å². The molecule has 1 aliphatic rings. The first-order chi connectivity index (χ1) is 12.7. The predicted molar refractivity (Wildman–Crippen MR) is 97.5 cm³/mol.